The summed E-state index contributed by atoms with van der Waals surface area (Å²) in [7, 11) is 1.54. The number of methoxy groups -OCH3 is 1. The van der Waals surface area contributed by atoms with Gasteiger partial charge in [0.15, 0.2) is 11.5 Å². The molecule has 0 spiro atoms. The molecule has 4 rings (SSSR count). The molecule has 2 aliphatic carbocycles. The van der Waals surface area contributed by atoms with Crippen LogP contribution in [0.15, 0.2) is 35.5 Å². The zero-order valence-electron chi connectivity index (χ0n) is 14.5. The van der Waals surface area contributed by atoms with Gasteiger partial charge in [0.2, 0.25) is 5.91 Å². The summed E-state index contributed by atoms with van der Waals surface area (Å²) in [5, 5.41) is 16.7. The number of phenols is 1. The van der Waals surface area contributed by atoms with Crippen LogP contribution in [0.25, 0.3) is 0 Å². The van der Waals surface area contributed by atoms with Gasteiger partial charge in [0.25, 0.3) is 0 Å². The summed E-state index contributed by atoms with van der Waals surface area (Å²) in [6.07, 6.45) is 10.2. The quantitative estimate of drug-likeness (QED) is 0.857. The van der Waals surface area contributed by atoms with Crippen molar-refractivity contribution in [2.75, 3.05) is 7.11 Å². The highest BCUT2D eigenvalue weighted by Gasteiger charge is 2.42. The third kappa shape index (κ3) is 2.81. The van der Waals surface area contributed by atoms with Crippen molar-refractivity contribution >= 4 is 11.6 Å². The van der Waals surface area contributed by atoms with E-state index in [2.05, 4.69) is 12.2 Å². The smallest absolute Gasteiger partial charge is 0.247 e. The Balaban J connectivity index is 1.76. The number of ether oxygens (including phenoxy) is 1. The van der Waals surface area contributed by atoms with Crippen LogP contribution in [-0.2, 0) is 4.79 Å². The Morgan fingerprint density at radius 1 is 1.16 bits per heavy atom. The van der Waals surface area contributed by atoms with E-state index < -0.39 is 0 Å². The third-order valence-corrected chi connectivity index (χ3v) is 5.69. The van der Waals surface area contributed by atoms with Crippen LogP contribution in [0.5, 0.6) is 11.5 Å². The predicted molar refractivity (Wildman–Crippen MR) is 95.7 cm³/mol. The van der Waals surface area contributed by atoms with E-state index in [9.17, 15) is 9.90 Å². The number of phenolic OH excluding ortho intramolecular Hbond substituents is 1. The van der Waals surface area contributed by atoms with E-state index >= 15 is 0 Å². The fourth-order valence-electron chi connectivity index (χ4n) is 4.33. The lowest BCUT2D eigenvalue weighted by Gasteiger charge is -2.39. The number of aromatic hydroxyl groups is 1. The van der Waals surface area contributed by atoms with E-state index in [0.717, 1.165) is 49.8 Å². The van der Waals surface area contributed by atoms with E-state index in [1.165, 1.54) is 7.11 Å². The van der Waals surface area contributed by atoms with Gasteiger partial charge in [-0.15, -0.1) is 0 Å². The molecule has 1 aromatic rings. The van der Waals surface area contributed by atoms with Gasteiger partial charge in [-0.2, -0.15) is 5.10 Å². The van der Waals surface area contributed by atoms with Gasteiger partial charge in [-0.25, -0.2) is 5.01 Å². The monoisotopic (exact) mass is 340 g/mol. The molecule has 0 unspecified atom stereocenters. The highest BCUT2D eigenvalue weighted by molar-refractivity contribution is 6.07. The molecule has 5 nitrogen and oxygen atoms in total. The van der Waals surface area contributed by atoms with E-state index in [-0.39, 0.29) is 29.5 Å². The van der Waals surface area contributed by atoms with Gasteiger partial charge in [0.05, 0.1) is 24.8 Å². The summed E-state index contributed by atoms with van der Waals surface area (Å²) in [6, 6.07) is 5.61. The van der Waals surface area contributed by atoms with E-state index in [1.54, 1.807) is 17.1 Å². The second-order valence-corrected chi connectivity index (χ2v) is 7.15. The number of nitrogens with zero attached hydrogens (tertiary/aromatic N) is 2. The number of fused-ring (bicyclic) bond motifs is 1. The standard InChI is InChI=1S/C20H24N2O3/c1-25-18-11-10-13(12-17(18)23)19-15-8-4-5-9-16(15)20(24)22(21-19)14-6-2-3-7-14/h4-5,10-12,14-16,23H,2-3,6-9H2,1H3/t15-,16+/m0/s1. The summed E-state index contributed by atoms with van der Waals surface area (Å²) in [4.78, 5) is 13.0. The highest BCUT2D eigenvalue weighted by Crippen LogP contribution is 2.38. The number of hydrogen-bond donors (Lipinski definition) is 1. The Labute approximate surface area is 148 Å². The molecule has 1 aromatic carbocycles. The molecule has 132 valence electrons. The zero-order chi connectivity index (χ0) is 17.4. The second kappa shape index (κ2) is 6.54. The zero-order valence-corrected chi connectivity index (χ0v) is 14.5. The molecule has 1 aliphatic heterocycles. The first-order valence-corrected chi connectivity index (χ1v) is 9.13. The van der Waals surface area contributed by atoms with Crippen LogP contribution in [0.1, 0.15) is 44.1 Å². The fraction of sp³-hybridized carbons (Fsp3) is 0.500. The number of rotatable bonds is 3. The lowest BCUT2D eigenvalue weighted by molar-refractivity contribution is -0.140. The van der Waals surface area contributed by atoms with Gasteiger partial charge in [0.1, 0.15) is 0 Å². The molecule has 0 radical (unpaired) electrons. The topological polar surface area (TPSA) is 62.1 Å². The summed E-state index contributed by atoms with van der Waals surface area (Å²) in [6.45, 7) is 0. The summed E-state index contributed by atoms with van der Waals surface area (Å²) >= 11 is 0. The summed E-state index contributed by atoms with van der Waals surface area (Å²) in [5.74, 6) is 0.770. The van der Waals surface area contributed by atoms with E-state index in [4.69, 9.17) is 9.84 Å². The van der Waals surface area contributed by atoms with Crippen LogP contribution in [0.4, 0.5) is 0 Å². The summed E-state index contributed by atoms with van der Waals surface area (Å²) < 4.78 is 5.15. The van der Waals surface area contributed by atoms with Gasteiger partial charge in [-0.1, -0.05) is 25.0 Å². The molecule has 1 saturated carbocycles. The van der Waals surface area contributed by atoms with Crippen molar-refractivity contribution in [2.45, 2.75) is 44.6 Å². The van der Waals surface area contributed by atoms with E-state index in [0.29, 0.717) is 5.75 Å². The molecule has 0 aromatic heterocycles. The van der Waals surface area contributed by atoms with Crippen LogP contribution >= 0.6 is 0 Å². The molecule has 3 aliphatic rings. The van der Waals surface area contributed by atoms with Crippen molar-refractivity contribution in [3.8, 4) is 11.5 Å². The third-order valence-electron chi connectivity index (χ3n) is 5.69. The maximum absolute atomic E-state index is 13.0. The minimum Gasteiger partial charge on any atom is -0.504 e. The molecule has 2 atom stereocenters. The number of carbonyl (C=O) groups is 1. The average Bonchev–Trinajstić information content (AvgIpc) is 3.17. The maximum atomic E-state index is 13.0. The first-order valence-electron chi connectivity index (χ1n) is 9.13. The first kappa shape index (κ1) is 16.2. The van der Waals surface area contributed by atoms with Gasteiger partial charge in [0, 0.05) is 11.5 Å². The van der Waals surface area contributed by atoms with Crippen LogP contribution in [0.3, 0.4) is 0 Å². The molecular formula is C20H24N2O3. The molecule has 0 saturated heterocycles. The molecule has 25 heavy (non-hydrogen) atoms. The van der Waals surface area contributed by atoms with Crippen LogP contribution in [0.2, 0.25) is 0 Å². The van der Waals surface area contributed by atoms with Crippen molar-refractivity contribution in [3.63, 3.8) is 0 Å². The van der Waals surface area contributed by atoms with E-state index in [1.807, 2.05) is 6.07 Å². The fourth-order valence-corrected chi connectivity index (χ4v) is 4.33. The second-order valence-electron chi connectivity index (χ2n) is 7.15. The SMILES string of the molecule is COc1ccc(C2=NN(C3CCCC3)C(=O)[C@@H]3CC=CC[C@H]23)cc1O. The Kier molecular flexibility index (Phi) is 4.24. The summed E-state index contributed by atoms with van der Waals surface area (Å²) in [5.41, 5.74) is 1.79. The molecule has 1 heterocycles. The number of hydrogen-bond acceptors (Lipinski definition) is 4. The maximum Gasteiger partial charge on any atom is 0.247 e. The number of hydrazone groups is 1. The highest BCUT2D eigenvalue weighted by atomic mass is 16.5. The van der Waals surface area contributed by atoms with Crippen molar-refractivity contribution in [2.24, 2.45) is 16.9 Å². The minimum absolute atomic E-state index is 0.0395. The number of allylic oxidation sites excluding steroid dienone is 2. The molecule has 0 bridgehead atoms. The molecule has 5 heteroatoms. The number of amides is 1. The Bertz CT molecular complexity index is 734. The van der Waals surface area contributed by atoms with Gasteiger partial charge >= 0.3 is 0 Å². The van der Waals surface area contributed by atoms with Crippen molar-refractivity contribution < 1.29 is 14.6 Å². The normalized spacial score (nSPS) is 26.5. The van der Waals surface area contributed by atoms with Crippen LogP contribution in [0, 0.1) is 11.8 Å². The van der Waals surface area contributed by atoms with Crippen molar-refractivity contribution in [1.82, 2.24) is 5.01 Å². The Hall–Kier alpha value is -2.30. The van der Waals surface area contributed by atoms with Crippen molar-refractivity contribution in [3.05, 3.63) is 35.9 Å². The first-order chi connectivity index (χ1) is 12.2. The predicted octanol–water partition coefficient (Wildman–Crippen LogP) is 3.47. The average molecular weight is 340 g/mol. The van der Waals surface area contributed by atoms with Crippen LogP contribution < -0.4 is 4.74 Å². The number of benzene rings is 1. The Morgan fingerprint density at radius 2 is 1.88 bits per heavy atom. The van der Waals surface area contributed by atoms with Gasteiger partial charge in [-0.3, -0.25) is 4.79 Å². The lowest BCUT2D eigenvalue weighted by Crippen LogP contribution is -2.48. The molecular weight excluding hydrogens is 316 g/mol. The van der Waals surface area contributed by atoms with Gasteiger partial charge < -0.3 is 9.84 Å². The molecule has 1 N–H and O–H groups in total. The van der Waals surface area contributed by atoms with Gasteiger partial charge in [-0.05, 0) is 43.9 Å². The molecule has 1 fully saturated rings. The molecule has 1 amide bonds. The lowest BCUT2D eigenvalue weighted by atomic mass is 9.76. The van der Waals surface area contributed by atoms with Crippen molar-refractivity contribution in [1.29, 1.82) is 0 Å². The largest absolute Gasteiger partial charge is 0.504 e. The minimum atomic E-state index is -0.0395. The van der Waals surface area contributed by atoms with Crippen LogP contribution in [-0.4, -0.2) is 34.9 Å². The number of carbonyl (C=O) groups excluding carboxylic acids is 1. The Morgan fingerprint density at radius 3 is 2.56 bits per heavy atom.